The molecule has 0 saturated carbocycles. The fourth-order valence-corrected chi connectivity index (χ4v) is 1.85. The Labute approximate surface area is 116 Å². The molecule has 0 unspecified atom stereocenters. The summed E-state index contributed by atoms with van der Waals surface area (Å²) in [7, 11) is 0. The molecule has 0 aliphatic rings. The second-order valence-electron chi connectivity index (χ2n) is 4.63. The minimum absolute atomic E-state index is 0.0760. The summed E-state index contributed by atoms with van der Waals surface area (Å²) in [6.45, 7) is 3.87. The molecule has 1 amide bonds. The molecule has 1 aromatic carbocycles. The fraction of sp³-hybridized carbons (Fsp3) is 0.286. The van der Waals surface area contributed by atoms with Crippen molar-refractivity contribution < 1.29 is 4.79 Å². The zero-order chi connectivity index (χ0) is 14.5. The number of fused-ring (bicyclic) bond motifs is 1. The van der Waals surface area contributed by atoms with Gasteiger partial charge in [0.25, 0.3) is 0 Å². The number of hydrogen-bond acceptors (Lipinski definition) is 5. The van der Waals surface area contributed by atoms with Crippen LogP contribution >= 0.6 is 0 Å². The van der Waals surface area contributed by atoms with Gasteiger partial charge in [0, 0.05) is 11.4 Å². The SMILES string of the molecule is CC(C)NC(=O)CNc1c(C#N)nnc2ccccc12. The maximum Gasteiger partial charge on any atom is 0.239 e. The molecule has 1 aromatic heterocycles. The quantitative estimate of drug-likeness (QED) is 0.876. The molecule has 0 saturated heterocycles. The van der Waals surface area contributed by atoms with Gasteiger partial charge in [-0.05, 0) is 19.9 Å². The van der Waals surface area contributed by atoms with Crippen molar-refractivity contribution >= 4 is 22.5 Å². The van der Waals surface area contributed by atoms with Crippen molar-refractivity contribution in [2.24, 2.45) is 0 Å². The molecule has 0 radical (unpaired) electrons. The van der Waals surface area contributed by atoms with E-state index in [0.717, 1.165) is 5.39 Å². The standard InChI is InChI=1S/C14H15N5O/c1-9(2)17-13(20)8-16-14-10-5-3-4-6-11(10)18-19-12(14)7-15/h3-6,9H,8H2,1-2H3,(H,16,18)(H,17,20). The maximum absolute atomic E-state index is 11.7. The van der Waals surface area contributed by atoms with E-state index in [-0.39, 0.29) is 24.2 Å². The predicted molar refractivity (Wildman–Crippen MR) is 76.0 cm³/mol. The smallest absolute Gasteiger partial charge is 0.239 e. The second-order valence-corrected chi connectivity index (χ2v) is 4.63. The van der Waals surface area contributed by atoms with Gasteiger partial charge < -0.3 is 10.6 Å². The lowest BCUT2D eigenvalue weighted by Crippen LogP contribution is -2.35. The molecular weight excluding hydrogens is 254 g/mol. The van der Waals surface area contributed by atoms with E-state index in [9.17, 15) is 4.79 Å². The number of carbonyl (C=O) groups excluding carboxylic acids is 1. The Bertz CT molecular complexity index is 675. The van der Waals surface area contributed by atoms with Crippen molar-refractivity contribution in [3.63, 3.8) is 0 Å². The van der Waals surface area contributed by atoms with E-state index in [1.807, 2.05) is 44.2 Å². The van der Waals surface area contributed by atoms with Crippen molar-refractivity contribution in [3.05, 3.63) is 30.0 Å². The van der Waals surface area contributed by atoms with E-state index in [1.54, 1.807) is 0 Å². The van der Waals surface area contributed by atoms with Gasteiger partial charge in [-0.2, -0.15) is 5.26 Å². The number of hydrogen-bond donors (Lipinski definition) is 2. The van der Waals surface area contributed by atoms with Crippen LogP contribution in [0.15, 0.2) is 24.3 Å². The van der Waals surface area contributed by atoms with Gasteiger partial charge in [-0.1, -0.05) is 18.2 Å². The van der Waals surface area contributed by atoms with E-state index in [2.05, 4.69) is 20.8 Å². The number of benzene rings is 1. The zero-order valence-corrected chi connectivity index (χ0v) is 11.3. The first kappa shape index (κ1) is 13.7. The van der Waals surface area contributed by atoms with Gasteiger partial charge >= 0.3 is 0 Å². The monoisotopic (exact) mass is 269 g/mol. The van der Waals surface area contributed by atoms with Crippen LogP contribution in [0.2, 0.25) is 0 Å². The third-order valence-corrected chi connectivity index (χ3v) is 2.65. The van der Waals surface area contributed by atoms with Gasteiger partial charge in [-0.15, -0.1) is 10.2 Å². The van der Waals surface area contributed by atoms with Crippen LogP contribution in [0.1, 0.15) is 19.5 Å². The topological polar surface area (TPSA) is 90.7 Å². The molecule has 0 fully saturated rings. The molecule has 0 aliphatic heterocycles. The Morgan fingerprint density at radius 1 is 1.35 bits per heavy atom. The first-order valence-electron chi connectivity index (χ1n) is 6.30. The molecule has 20 heavy (non-hydrogen) atoms. The van der Waals surface area contributed by atoms with Crippen molar-refractivity contribution in [1.29, 1.82) is 5.26 Å². The summed E-state index contributed by atoms with van der Waals surface area (Å²) in [4.78, 5) is 11.7. The van der Waals surface area contributed by atoms with Crippen molar-refractivity contribution in [2.45, 2.75) is 19.9 Å². The highest BCUT2D eigenvalue weighted by Crippen LogP contribution is 2.23. The minimum atomic E-state index is -0.134. The summed E-state index contributed by atoms with van der Waals surface area (Å²) < 4.78 is 0. The molecule has 0 bridgehead atoms. The number of nitriles is 1. The third kappa shape index (κ3) is 3.01. The van der Waals surface area contributed by atoms with Gasteiger partial charge in [-0.25, -0.2) is 0 Å². The van der Waals surface area contributed by atoms with E-state index in [4.69, 9.17) is 5.26 Å². The van der Waals surface area contributed by atoms with Crippen LogP contribution < -0.4 is 10.6 Å². The molecule has 102 valence electrons. The Balaban J connectivity index is 2.28. The lowest BCUT2D eigenvalue weighted by atomic mass is 10.1. The average Bonchev–Trinajstić information content (AvgIpc) is 2.43. The highest BCUT2D eigenvalue weighted by molar-refractivity contribution is 5.94. The summed E-state index contributed by atoms with van der Waals surface area (Å²) in [6.07, 6.45) is 0. The van der Waals surface area contributed by atoms with Crippen LogP contribution in [-0.2, 0) is 4.79 Å². The van der Waals surface area contributed by atoms with Gasteiger partial charge in [-0.3, -0.25) is 4.79 Å². The van der Waals surface area contributed by atoms with Gasteiger partial charge in [0.1, 0.15) is 6.07 Å². The molecule has 2 N–H and O–H groups in total. The van der Waals surface area contributed by atoms with E-state index in [1.165, 1.54) is 0 Å². The summed E-state index contributed by atoms with van der Waals surface area (Å²) in [5, 5.41) is 23.5. The first-order valence-corrected chi connectivity index (χ1v) is 6.30. The summed E-state index contributed by atoms with van der Waals surface area (Å²) in [5.74, 6) is -0.134. The number of anilines is 1. The van der Waals surface area contributed by atoms with E-state index < -0.39 is 0 Å². The Morgan fingerprint density at radius 2 is 2.10 bits per heavy atom. The van der Waals surface area contributed by atoms with Gasteiger partial charge in [0.2, 0.25) is 5.91 Å². The van der Waals surface area contributed by atoms with Crippen LogP contribution in [0.4, 0.5) is 5.69 Å². The number of rotatable bonds is 4. The first-order chi connectivity index (χ1) is 9.61. The minimum Gasteiger partial charge on any atom is -0.373 e. The molecule has 0 spiro atoms. The number of nitrogens with zero attached hydrogens (tertiary/aromatic N) is 3. The molecule has 0 aliphatic carbocycles. The number of amides is 1. The molecule has 1 heterocycles. The van der Waals surface area contributed by atoms with Crippen LogP contribution in [-0.4, -0.2) is 28.7 Å². The molecule has 2 aromatic rings. The zero-order valence-electron chi connectivity index (χ0n) is 11.3. The maximum atomic E-state index is 11.7. The second kappa shape index (κ2) is 5.97. The van der Waals surface area contributed by atoms with Crippen LogP contribution in [0.25, 0.3) is 10.9 Å². The van der Waals surface area contributed by atoms with Gasteiger partial charge in [0.15, 0.2) is 5.69 Å². The predicted octanol–water partition coefficient (Wildman–Crippen LogP) is 1.44. The van der Waals surface area contributed by atoms with Crippen molar-refractivity contribution in [1.82, 2.24) is 15.5 Å². The molecule has 0 atom stereocenters. The number of nitrogens with one attached hydrogen (secondary N) is 2. The van der Waals surface area contributed by atoms with Gasteiger partial charge in [0.05, 0.1) is 17.7 Å². The Hall–Kier alpha value is -2.68. The van der Waals surface area contributed by atoms with Crippen LogP contribution in [0, 0.1) is 11.3 Å². The van der Waals surface area contributed by atoms with Crippen LogP contribution in [0.5, 0.6) is 0 Å². The molecular formula is C14H15N5O. The van der Waals surface area contributed by atoms with Crippen molar-refractivity contribution in [3.8, 4) is 6.07 Å². The summed E-state index contributed by atoms with van der Waals surface area (Å²) in [5.41, 5.74) is 1.40. The fourth-order valence-electron chi connectivity index (χ4n) is 1.85. The molecule has 6 heteroatoms. The number of carbonyl (C=O) groups is 1. The molecule has 6 nitrogen and oxygen atoms in total. The summed E-state index contributed by atoms with van der Waals surface area (Å²) in [6, 6.07) is 9.41. The third-order valence-electron chi connectivity index (χ3n) is 2.65. The Morgan fingerprint density at radius 3 is 2.80 bits per heavy atom. The lowest BCUT2D eigenvalue weighted by molar-refractivity contribution is -0.119. The Kier molecular flexibility index (Phi) is 4.11. The van der Waals surface area contributed by atoms with Crippen molar-refractivity contribution in [2.75, 3.05) is 11.9 Å². The highest BCUT2D eigenvalue weighted by Gasteiger charge is 2.11. The summed E-state index contributed by atoms with van der Waals surface area (Å²) >= 11 is 0. The highest BCUT2D eigenvalue weighted by atomic mass is 16.1. The molecule has 2 rings (SSSR count). The van der Waals surface area contributed by atoms with E-state index in [0.29, 0.717) is 11.2 Å². The van der Waals surface area contributed by atoms with Crippen LogP contribution in [0.3, 0.4) is 0 Å². The normalized spacial score (nSPS) is 10.3. The average molecular weight is 269 g/mol. The van der Waals surface area contributed by atoms with E-state index >= 15 is 0 Å². The lowest BCUT2D eigenvalue weighted by Gasteiger charge is -2.12. The number of aromatic nitrogens is 2. The largest absolute Gasteiger partial charge is 0.373 e.